The Morgan fingerprint density at radius 3 is 1.62 bits per heavy atom. The van der Waals surface area contributed by atoms with Crippen LogP contribution in [0, 0.1) is 5.92 Å². The summed E-state index contributed by atoms with van der Waals surface area (Å²) >= 11 is -1.60. The number of rotatable bonds is 0. The summed E-state index contributed by atoms with van der Waals surface area (Å²) < 4.78 is 15.5. The van der Waals surface area contributed by atoms with Crippen LogP contribution >= 0.6 is 0 Å². The van der Waals surface area contributed by atoms with Crippen molar-refractivity contribution in [3.8, 4) is 0 Å². The normalized spacial score (nSPS) is 45.0. The fraction of sp³-hybridized carbons (Fsp3) is 1.00. The second kappa shape index (κ2) is 1.99. The Hall–Kier alpha value is 0.438. The summed E-state index contributed by atoms with van der Waals surface area (Å²) in [6.45, 7) is 2.62. The Kier molecular flexibility index (Phi) is 1.31. The van der Waals surface area contributed by atoms with E-state index in [2.05, 4.69) is 0 Å². The summed E-state index contributed by atoms with van der Waals surface area (Å²) in [6, 6.07) is 0. The molecule has 3 fully saturated rings. The first-order chi connectivity index (χ1) is 3.95. The molecule has 3 nitrogen and oxygen atoms in total. The zero-order chi connectivity index (χ0) is 5.40. The first-order valence-electron chi connectivity index (χ1n) is 2.64. The fourth-order valence-electron chi connectivity index (χ4n) is 0.755. The summed E-state index contributed by atoms with van der Waals surface area (Å²) in [5.41, 5.74) is 0. The van der Waals surface area contributed by atoms with E-state index < -0.39 is 15.7 Å². The van der Waals surface area contributed by atoms with Gasteiger partial charge in [0.25, 0.3) is 0 Å². The molecule has 0 atom stereocenters. The van der Waals surface area contributed by atoms with Gasteiger partial charge in [0, 0.05) is 0 Å². The summed E-state index contributed by atoms with van der Waals surface area (Å²) in [5.74, 6) is 0.523. The molecule has 0 unspecified atom stereocenters. The van der Waals surface area contributed by atoms with Crippen LogP contribution < -0.4 is 0 Å². The first kappa shape index (κ1) is 5.24. The maximum absolute atomic E-state index is 5.18. The SMILES string of the molecule is C1O[As]2OCC1CO2. The van der Waals surface area contributed by atoms with Gasteiger partial charge in [0.2, 0.25) is 0 Å². The summed E-state index contributed by atoms with van der Waals surface area (Å²) in [4.78, 5) is 0. The molecule has 0 aromatic rings. The predicted octanol–water partition coefficient (Wildman–Crippen LogP) is -0.336. The van der Waals surface area contributed by atoms with Gasteiger partial charge in [-0.25, -0.2) is 0 Å². The Balaban J connectivity index is 2.03. The van der Waals surface area contributed by atoms with Crippen molar-refractivity contribution in [2.45, 2.75) is 0 Å². The van der Waals surface area contributed by atoms with Crippen molar-refractivity contribution in [1.82, 2.24) is 0 Å². The molecular formula is C4H7AsO3. The van der Waals surface area contributed by atoms with Gasteiger partial charge in [0.15, 0.2) is 0 Å². The third-order valence-corrected chi connectivity index (χ3v) is 3.51. The van der Waals surface area contributed by atoms with E-state index in [0.717, 1.165) is 19.8 Å². The standard InChI is InChI=1S/C4H7AsO3/c1-4-2-7-5(6-1)8-3-4/h4H,1-3H2. The van der Waals surface area contributed by atoms with E-state index in [1.807, 2.05) is 0 Å². The van der Waals surface area contributed by atoms with Crippen molar-refractivity contribution in [3.63, 3.8) is 0 Å². The second-order valence-corrected chi connectivity index (χ2v) is 4.54. The molecule has 0 aromatic heterocycles. The van der Waals surface area contributed by atoms with E-state index in [1.165, 1.54) is 0 Å². The quantitative estimate of drug-likeness (QED) is 0.475. The molecule has 0 aliphatic carbocycles. The molecule has 3 rings (SSSR count). The van der Waals surface area contributed by atoms with E-state index in [9.17, 15) is 0 Å². The third kappa shape index (κ3) is 0.799. The molecule has 0 radical (unpaired) electrons. The Morgan fingerprint density at radius 1 is 1.00 bits per heavy atom. The van der Waals surface area contributed by atoms with E-state index in [-0.39, 0.29) is 0 Å². The average Bonchev–Trinajstić information content (AvgIpc) is 1.92. The molecule has 0 spiro atoms. The van der Waals surface area contributed by atoms with Gasteiger partial charge in [0.1, 0.15) is 0 Å². The first-order valence-corrected chi connectivity index (χ1v) is 4.94. The molecule has 3 aliphatic rings. The van der Waals surface area contributed by atoms with Crippen LogP contribution in [0.2, 0.25) is 0 Å². The maximum atomic E-state index is 5.18. The van der Waals surface area contributed by atoms with Crippen LogP contribution in [0.4, 0.5) is 0 Å². The molecule has 3 heterocycles. The minimum absolute atomic E-state index is 0.523. The van der Waals surface area contributed by atoms with Gasteiger partial charge >= 0.3 is 52.6 Å². The van der Waals surface area contributed by atoms with Crippen LogP contribution in [0.5, 0.6) is 0 Å². The monoisotopic (exact) mass is 178 g/mol. The molecule has 0 N–H and O–H groups in total. The van der Waals surface area contributed by atoms with Crippen LogP contribution in [-0.2, 0) is 11.2 Å². The second-order valence-electron chi connectivity index (χ2n) is 1.98. The topological polar surface area (TPSA) is 27.7 Å². The van der Waals surface area contributed by atoms with Crippen LogP contribution in [0.3, 0.4) is 0 Å². The summed E-state index contributed by atoms with van der Waals surface area (Å²) in [6.07, 6.45) is 0. The van der Waals surface area contributed by atoms with Gasteiger partial charge in [-0.05, 0) is 0 Å². The predicted molar refractivity (Wildman–Crippen MR) is 27.1 cm³/mol. The molecular weight excluding hydrogens is 171 g/mol. The van der Waals surface area contributed by atoms with Gasteiger partial charge < -0.3 is 0 Å². The van der Waals surface area contributed by atoms with Gasteiger partial charge in [-0.2, -0.15) is 0 Å². The van der Waals surface area contributed by atoms with E-state index in [4.69, 9.17) is 11.2 Å². The third-order valence-electron chi connectivity index (χ3n) is 1.25. The average molecular weight is 178 g/mol. The van der Waals surface area contributed by atoms with Gasteiger partial charge in [0.05, 0.1) is 0 Å². The van der Waals surface area contributed by atoms with Gasteiger partial charge in [-0.1, -0.05) is 0 Å². The van der Waals surface area contributed by atoms with Crippen molar-refractivity contribution in [3.05, 3.63) is 0 Å². The fourth-order valence-corrected chi connectivity index (χ4v) is 3.32. The van der Waals surface area contributed by atoms with E-state index in [1.54, 1.807) is 0 Å². The molecule has 0 amide bonds. The Labute approximate surface area is 53.2 Å². The molecule has 2 bridgehead atoms. The molecule has 46 valence electrons. The number of fused-ring (bicyclic) bond motifs is 3. The Bertz CT molecular complexity index is 66.3. The van der Waals surface area contributed by atoms with Crippen molar-refractivity contribution < 1.29 is 11.2 Å². The molecule has 8 heavy (non-hydrogen) atoms. The number of hydrogen-bond acceptors (Lipinski definition) is 3. The van der Waals surface area contributed by atoms with Crippen molar-refractivity contribution in [2.75, 3.05) is 19.8 Å². The van der Waals surface area contributed by atoms with Gasteiger partial charge in [-0.3, -0.25) is 0 Å². The molecule has 4 heteroatoms. The van der Waals surface area contributed by atoms with Gasteiger partial charge in [-0.15, -0.1) is 0 Å². The van der Waals surface area contributed by atoms with Crippen LogP contribution in [0.1, 0.15) is 0 Å². The molecule has 3 aliphatic heterocycles. The van der Waals surface area contributed by atoms with E-state index >= 15 is 0 Å². The zero-order valence-corrected chi connectivity index (χ0v) is 6.25. The Morgan fingerprint density at radius 2 is 1.50 bits per heavy atom. The minimum atomic E-state index is -1.60. The summed E-state index contributed by atoms with van der Waals surface area (Å²) in [7, 11) is 0. The van der Waals surface area contributed by atoms with Crippen LogP contribution in [0.25, 0.3) is 0 Å². The van der Waals surface area contributed by atoms with E-state index in [0.29, 0.717) is 5.92 Å². The number of hydrogen-bond donors (Lipinski definition) is 0. The zero-order valence-electron chi connectivity index (χ0n) is 4.37. The molecule has 3 saturated heterocycles. The van der Waals surface area contributed by atoms with Crippen molar-refractivity contribution in [1.29, 1.82) is 0 Å². The van der Waals surface area contributed by atoms with Crippen molar-refractivity contribution in [2.24, 2.45) is 5.92 Å². The van der Waals surface area contributed by atoms with Crippen LogP contribution in [0.15, 0.2) is 0 Å². The van der Waals surface area contributed by atoms with Crippen LogP contribution in [-0.4, -0.2) is 35.5 Å². The molecule has 0 saturated carbocycles. The molecule has 0 aromatic carbocycles. The summed E-state index contributed by atoms with van der Waals surface area (Å²) in [5, 5.41) is 0. The van der Waals surface area contributed by atoms with Crippen molar-refractivity contribution >= 4 is 15.7 Å².